The first-order valence-corrected chi connectivity index (χ1v) is 8.25. The van der Waals surface area contributed by atoms with Crippen molar-refractivity contribution in [3.63, 3.8) is 0 Å². The van der Waals surface area contributed by atoms with Crippen LogP contribution in [0.5, 0.6) is 0 Å². The molecule has 4 heteroatoms. The van der Waals surface area contributed by atoms with E-state index >= 15 is 0 Å². The van der Waals surface area contributed by atoms with Gasteiger partial charge in [0.1, 0.15) is 5.82 Å². The van der Waals surface area contributed by atoms with Gasteiger partial charge in [-0.1, -0.05) is 19.9 Å². The first-order chi connectivity index (χ1) is 10.5. The fourth-order valence-corrected chi connectivity index (χ4v) is 4.46. The molecule has 2 fully saturated rings. The summed E-state index contributed by atoms with van der Waals surface area (Å²) in [4.78, 5) is 4.81. The Kier molecular flexibility index (Phi) is 3.10. The van der Waals surface area contributed by atoms with Gasteiger partial charge in [-0.3, -0.25) is 0 Å². The summed E-state index contributed by atoms with van der Waals surface area (Å²) in [5.74, 6) is 1.78. The number of ether oxygens (including phenoxy) is 1. The number of benzene rings is 1. The largest absolute Gasteiger partial charge is 0.377 e. The van der Waals surface area contributed by atoms with E-state index in [0.717, 1.165) is 24.5 Å². The Bertz CT molecular complexity index is 718. The third-order valence-electron chi connectivity index (χ3n) is 5.71. The predicted molar refractivity (Wildman–Crippen MR) is 87.7 cm³/mol. The molecular formula is C18H25N3O. The van der Waals surface area contributed by atoms with Crippen LogP contribution in [-0.2, 0) is 18.3 Å². The zero-order valence-electron chi connectivity index (χ0n) is 13.9. The molecule has 1 aromatic carbocycles. The molecule has 4 nitrogen and oxygen atoms in total. The van der Waals surface area contributed by atoms with Crippen molar-refractivity contribution in [1.82, 2.24) is 14.9 Å². The summed E-state index contributed by atoms with van der Waals surface area (Å²) >= 11 is 0. The fourth-order valence-electron chi connectivity index (χ4n) is 4.46. The maximum atomic E-state index is 5.87. The maximum Gasteiger partial charge on any atom is 0.123 e. The molecule has 2 aromatic rings. The average molecular weight is 299 g/mol. The van der Waals surface area contributed by atoms with Gasteiger partial charge in [-0.05, 0) is 31.0 Å². The summed E-state index contributed by atoms with van der Waals surface area (Å²) in [6.45, 7) is 8.48. The number of aryl methyl sites for hydroxylation is 2. The van der Waals surface area contributed by atoms with E-state index in [0.29, 0.717) is 18.1 Å². The molecule has 1 aliphatic carbocycles. The number of hydrogen-bond acceptors (Lipinski definition) is 3. The summed E-state index contributed by atoms with van der Waals surface area (Å²) in [5, 5.41) is 3.75. The van der Waals surface area contributed by atoms with Crippen molar-refractivity contribution >= 4 is 11.0 Å². The zero-order valence-corrected chi connectivity index (χ0v) is 13.9. The van der Waals surface area contributed by atoms with Gasteiger partial charge in [0, 0.05) is 31.0 Å². The molecule has 3 atom stereocenters. The number of imidazole rings is 1. The van der Waals surface area contributed by atoms with E-state index in [1.54, 1.807) is 0 Å². The van der Waals surface area contributed by atoms with Crippen LogP contribution in [0, 0.1) is 18.3 Å². The monoisotopic (exact) mass is 299 g/mol. The van der Waals surface area contributed by atoms with Crippen LogP contribution in [0.15, 0.2) is 18.2 Å². The van der Waals surface area contributed by atoms with Crippen LogP contribution in [0.1, 0.15) is 31.7 Å². The van der Waals surface area contributed by atoms with Crippen LogP contribution < -0.4 is 5.32 Å². The van der Waals surface area contributed by atoms with Crippen LogP contribution in [0.2, 0.25) is 0 Å². The van der Waals surface area contributed by atoms with Gasteiger partial charge in [0.2, 0.25) is 0 Å². The van der Waals surface area contributed by atoms with E-state index in [4.69, 9.17) is 9.72 Å². The van der Waals surface area contributed by atoms with Gasteiger partial charge in [-0.25, -0.2) is 4.98 Å². The van der Waals surface area contributed by atoms with Crippen molar-refractivity contribution in [3.8, 4) is 0 Å². The minimum Gasteiger partial charge on any atom is -0.377 e. The van der Waals surface area contributed by atoms with Gasteiger partial charge < -0.3 is 14.6 Å². The van der Waals surface area contributed by atoms with Crippen molar-refractivity contribution in [2.45, 2.75) is 45.9 Å². The second-order valence-electron chi connectivity index (χ2n) is 7.50. The predicted octanol–water partition coefficient (Wildman–Crippen LogP) is 2.78. The number of fused-ring (bicyclic) bond motifs is 2. The van der Waals surface area contributed by atoms with Crippen molar-refractivity contribution in [1.29, 1.82) is 0 Å². The zero-order chi connectivity index (χ0) is 15.5. The van der Waals surface area contributed by atoms with Gasteiger partial charge in [0.05, 0.1) is 23.7 Å². The Morgan fingerprint density at radius 1 is 1.41 bits per heavy atom. The van der Waals surface area contributed by atoms with Gasteiger partial charge in [0.25, 0.3) is 0 Å². The number of nitrogens with one attached hydrogen (secondary N) is 1. The Labute approximate surface area is 131 Å². The number of nitrogens with zero attached hydrogens (tertiary/aromatic N) is 2. The first kappa shape index (κ1) is 14.2. The Morgan fingerprint density at radius 2 is 2.23 bits per heavy atom. The van der Waals surface area contributed by atoms with Crippen LogP contribution in [0.4, 0.5) is 0 Å². The summed E-state index contributed by atoms with van der Waals surface area (Å²) in [7, 11) is 2.11. The van der Waals surface area contributed by atoms with E-state index < -0.39 is 0 Å². The molecule has 1 N–H and O–H groups in total. The molecular weight excluding hydrogens is 274 g/mol. The topological polar surface area (TPSA) is 39.1 Å². The Morgan fingerprint density at radius 3 is 3.05 bits per heavy atom. The third-order valence-corrected chi connectivity index (χ3v) is 5.71. The lowest BCUT2D eigenvalue weighted by Gasteiger charge is -2.54. The molecule has 2 aliphatic rings. The van der Waals surface area contributed by atoms with Gasteiger partial charge in [0.15, 0.2) is 0 Å². The van der Waals surface area contributed by atoms with Crippen molar-refractivity contribution in [2.75, 3.05) is 6.61 Å². The molecule has 1 unspecified atom stereocenters. The fraction of sp³-hybridized carbons (Fsp3) is 0.611. The molecule has 22 heavy (non-hydrogen) atoms. The summed E-state index contributed by atoms with van der Waals surface area (Å²) in [6.07, 6.45) is 1.63. The van der Waals surface area contributed by atoms with E-state index in [9.17, 15) is 0 Å². The number of hydrogen-bond donors (Lipinski definition) is 1. The van der Waals surface area contributed by atoms with Crippen LogP contribution in [0.3, 0.4) is 0 Å². The van der Waals surface area contributed by atoms with Crippen molar-refractivity contribution < 1.29 is 4.74 Å². The molecule has 1 saturated heterocycles. The lowest BCUT2D eigenvalue weighted by Crippen LogP contribution is -2.65. The van der Waals surface area contributed by atoms with E-state index in [-0.39, 0.29) is 5.41 Å². The standard InChI is InChI=1S/C18H25N3O/c1-11-5-6-14-13(9-11)20-15(21(14)4)10-19-16-12-7-8-22-17(12)18(16,2)3/h5-6,9,12,16-17,19H,7-8,10H2,1-4H3/t12-,16?,17-/m0/s1. The minimum absolute atomic E-state index is 0.225. The highest BCUT2D eigenvalue weighted by Crippen LogP contribution is 2.52. The molecule has 1 aromatic heterocycles. The Hall–Kier alpha value is -1.39. The van der Waals surface area contributed by atoms with Crippen LogP contribution >= 0.6 is 0 Å². The molecule has 2 heterocycles. The van der Waals surface area contributed by atoms with Gasteiger partial charge in [-0.15, -0.1) is 0 Å². The van der Waals surface area contributed by atoms with Crippen LogP contribution in [0.25, 0.3) is 11.0 Å². The van der Waals surface area contributed by atoms with E-state index in [1.165, 1.54) is 17.5 Å². The molecule has 0 radical (unpaired) electrons. The van der Waals surface area contributed by atoms with Crippen LogP contribution in [-0.4, -0.2) is 28.3 Å². The Balaban J connectivity index is 1.53. The van der Waals surface area contributed by atoms with Crippen molar-refractivity contribution in [3.05, 3.63) is 29.6 Å². The molecule has 0 spiro atoms. The highest BCUT2D eigenvalue weighted by Gasteiger charge is 2.58. The molecule has 4 rings (SSSR count). The second-order valence-corrected chi connectivity index (χ2v) is 7.50. The number of rotatable bonds is 3. The summed E-state index contributed by atoms with van der Waals surface area (Å²) < 4.78 is 8.08. The lowest BCUT2D eigenvalue weighted by atomic mass is 9.57. The van der Waals surface area contributed by atoms with Crippen molar-refractivity contribution in [2.24, 2.45) is 18.4 Å². The smallest absolute Gasteiger partial charge is 0.123 e. The first-order valence-electron chi connectivity index (χ1n) is 8.25. The lowest BCUT2D eigenvalue weighted by molar-refractivity contribution is -0.113. The highest BCUT2D eigenvalue weighted by atomic mass is 16.5. The summed E-state index contributed by atoms with van der Waals surface area (Å²) in [6, 6.07) is 7.00. The molecule has 118 valence electrons. The molecule has 1 saturated carbocycles. The van der Waals surface area contributed by atoms with E-state index in [2.05, 4.69) is 55.9 Å². The normalized spacial score (nSPS) is 29.5. The number of aromatic nitrogens is 2. The van der Waals surface area contributed by atoms with E-state index in [1.807, 2.05) is 0 Å². The summed E-state index contributed by atoms with van der Waals surface area (Å²) in [5.41, 5.74) is 3.78. The van der Waals surface area contributed by atoms with Gasteiger partial charge >= 0.3 is 0 Å². The minimum atomic E-state index is 0.225. The maximum absolute atomic E-state index is 5.87. The second kappa shape index (κ2) is 4.80. The van der Waals surface area contributed by atoms with Gasteiger partial charge in [-0.2, -0.15) is 0 Å². The SMILES string of the molecule is Cc1ccc2c(c1)nc(CNC1[C@@H]3CCO[C@@H]3C1(C)C)n2C. The average Bonchev–Trinajstić information content (AvgIpc) is 3.03. The quantitative estimate of drug-likeness (QED) is 0.947. The third kappa shape index (κ3) is 1.94. The highest BCUT2D eigenvalue weighted by molar-refractivity contribution is 5.76. The molecule has 0 amide bonds. The molecule has 1 aliphatic heterocycles. The molecule has 0 bridgehead atoms.